The molecule has 0 bridgehead atoms. The molecule has 0 fully saturated rings. The molecular weight excluding hydrogens is 279 g/mol. The standard InChI is InChI=1S/C11H12F3N3OS/c1-17(6-9(15)19)10(18)16-8-4-2-7(3-5-8)11(12,13)14/h2-5H,6H2,1H3,(H2,15,19)(H,16,18). The van der Waals surface area contributed by atoms with Gasteiger partial charge in [-0.3, -0.25) is 0 Å². The van der Waals surface area contributed by atoms with Crippen LogP contribution in [0.2, 0.25) is 0 Å². The Morgan fingerprint density at radius 2 is 1.89 bits per heavy atom. The van der Waals surface area contributed by atoms with E-state index in [1.165, 1.54) is 24.1 Å². The number of hydrogen-bond acceptors (Lipinski definition) is 2. The van der Waals surface area contributed by atoms with E-state index in [0.717, 1.165) is 12.1 Å². The van der Waals surface area contributed by atoms with Crippen molar-refractivity contribution >= 4 is 28.9 Å². The first-order valence-corrected chi connectivity index (χ1v) is 5.58. The lowest BCUT2D eigenvalue weighted by Crippen LogP contribution is -2.37. The van der Waals surface area contributed by atoms with Crippen LogP contribution in [0.4, 0.5) is 23.7 Å². The second kappa shape index (κ2) is 5.87. The second-order valence-corrected chi connectivity index (χ2v) is 4.35. The van der Waals surface area contributed by atoms with Gasteiger partial charge in [-0.1, -0.05) is 12.2 Å². The molecule has 2 amide bonds. The fraction of sp³-hybridized carbons (Fsp3) is 0.273. The molecule has 0 heterocycles. The number of nitrogens with zero attached hydrogens (tertiary/aromatic N) is 1. The second-order valence-electron chi connectivity index (χ2n) is 3.83. The summed E-state index contributed by atoms with van der Waals surface area (Å²) in [6.07, 6.45) is -4.40. The van der Waals surface area contributed by atoms with Gasteiger partial charge in [0, 0.05) is 12.7 Å². The molecule has 1 aromatic rings. The highest BCUT2D eigenvalue weighted by Crippen LogP contribution is 2.29. The van der Waals surface area contributed by atoms with E-state index in [1.807, 2.05) is 0 Å². The van der Waals surface area contributed by atoms with Crippen molar-refractivity contribution in [3.8, 4) is 0 Å². The molecule has 4 nitrogen and oxygen atoms in total. The number of halogens is 3. The summed E-state index contributed by atoms with van der Waals surface area (Å²) in [5.41, 5.74) is 4.76. The number of benzene rings is 1. The number of thiocarbonyl (C=S) groups is 1. The molecule has 3 N–H and O–H groups in total. The van der Waals surface area contributed by atoms with Gasteiger partial charge in [0.15, 0.2) is 0 Å². The molecule has 0 saturated carbocycles. The van der Waals surface area contributed by atoms with Gasteiger partial charge in [0.1, 0.15) is 0 Å². The third-order valence-electron chi connectivity index (χ3n) is 2.20. The van der Waals surface area contributed by atoms with Crippen molar-refractivity contribution in [2.24, 2.45) is 5.73 Å². The molecule has 0 atom stereocenters. The Balaban J connectivity index is 2.68. The van der Waals surface area contributed by atoms with E-state index in [-0.39, 0.29) is 17.2 Å². The average Bonchev–Trinajstić information content (AvgIpc) is 2.27. The largest absolute Gasteiger partial charge is 0.416 e. The van der Waals surface area contributed by atoms with E-state index in [9.17, 15) is 18.0 Å². The number of likely N-dealkylation sites (N-methyl/N-ethyl adjacent to an activating group) is 1. The van der Waals surface area contributed by atoms with E-state index in [0.29, 0.717) is 0 Å². The minimum atomic E-state index is -4.40. The molecule has 1 aromatic carbocycles. The number of carbonyl (C=O) groups excluding carboxylic acids is 1. The topological polar surface area (TPSA) is 58.4 Å². The van der Waals surface area contributed by atoms with Crippen molar-refractivity contribution in [2.75, 3.05) is 18.9 Å². The minimum absolute atomic E-state index is 0.0851. The number of alkyl halides is 3. The molecule has 0 aromatic heterocycles. The first kappa shape index (κ1) is 15.2. The molecule has 0 aliphatic heterocycles. The highest BCUT2D eigenvalue weighted by Gasteiger charge is 2.30. The Morgan fingerprint density at radius 3 is 2.32 bits per heavy atom. The van der Waals surface area contributed by atoms with Crippen molar-refractivity contribution in [1.29, 1.82) is 0 Å². The number of amides is 2. The van der Waals surface area contributed by atoms with E-state index in [2.05, 4.69) is 17.5 Å². The zero-order chi connectivity index (χ0) is 14.6. The summed E-state index contributed by atoms with van der Waals surface area (Å²) < 4.78 is 37.0. The lowest BCUT2D eigenvalue weighted by molar-refractivity contribution is -0.137. The molecule has 8 heteroatoms. The Kier molecular flexibility index (Phi) is 4.71. The van der Waals surface area contributed by atoms with Gasteiger partial charge in [0.2, 0.25) is 0 Å². The predicted molar refractivity (Wildman–Crippen MR) is 69.9 cm³/mol. The van der Waals surface area contributed by atoms with Gasteiger partial charge in [-0.25, -0.2) is 4.79 Å². The van der Waals surface area contributed by atoms with Crippen LogP contribution in [0.15, 0.2) is 24.3 Å². The van der Waals surface area contributed by atoms with Crippen LogP contribution in [-0.4, -0.2) is 29.5 Å². The lowest BCUT2D eigenvalue weighted by atomic mass is 10.2. The number of nitrogens with one attached hydrogen (secondary N) is 1. The van der Waals surface area contributed by atoms with Crippen LogP contribution in [0.3, 0.4) is 0 Å². The Hall–Kier alpha value is -1.83. The SMILES string of the molecule is CN(CC(N)=S)C(=O)Nc1ccc(C(F)(F)F)cc1. The zero-order valence-electron chi connectivity index (χ0n) is 9.99. The Labute approximate surface area is 113 Å². The fourth-order valence-corrected chi connectivity index (χ4v) is 1.46. The van der Waals surface area contributed by atoms with E-state index >= 15 is 0 Å². The van der Waals surface area contributed by atoms with Crippen LogP contribution in [-0.2, 0) is 6.18 Å². The van der Waals surface area contributed by atoms with Crippen molar-refractivity contribution in [3.63, 3.8) is 0 Å². The van der Waals surface area contributed by atoms with Crippen molar-refractivity contribution in [2.45, 2.75) is 6.18 Å². The highest BCUT2D eigenvalue weighted by molar-refractivity contribution is 7.80. The van der Waals surface area contributed by atoms with Crippen molar-refractivity contribution < 1.29 is 18.0 Å². The summed E-state index contributed by atoms with van der Waals surface area (Å²) in [5, 5.41) is 2.43. The van der Waals surface area contributed by atoms with Gasteiger partial charge in [0.25, 0.3) is 0 Å². The fourth-order valence-electron chi connectivity index (χ4n) is 1.27. The summed E-state index contributed by atoms with van der Waals surface area (Å²) >= 11 is 4.64. The van der Waals surface area contributed by atoms with Gasteiger partial charge in [0.05, 0.1) is 17.1 Å². The van der Waals surface area contributed by atoms with E-state index < -0.39 is 17.8 Å². The maximum Gasteiger partial charge on any atom is 0.416 e. The van der Waals surface area contributed by atoms with Crippen LogP contribution in [0, 0.1) is 0 Å². The Morgan fingerprint density at radius 1 is 1.37 bits per heavy atom. The first-order chi connectivity index (χ1) is 8.70. The summed E-state index contributed by atoms with van der Waals surface area (Å²) in [5.74, 6) is 0. The highest BCUT2D eigenvalue weighted by atomic mass is 32.1. The maximum atomic E-state index is 12.3. The molecule has 19 heavy (non-hydrogen) atoms. The smallest absolute Gasteiger partial charge is 0.392 e. The Bertz CT molecular complexity index is 473. The molecule has 0 unspecified atom stereocenters. The molecule has 0 aliphatic carbocycles. The number of rotatable bonds is 3. The zero-order valence-corrected chi connectivity index (χ0v) is 10.8. The van der Waals surface area contributed by atoms with Crippen LogP contribution in [0.25, 0.3) is 0 Å². The average molecular weight is 291 g/mol. The number of nitrogens with two attached hydrogens (primary N) is 1. The van der Waals surface area contributed by atoms with Gasteiger partial charge < -0.3 is 16.0 Å². The molecule has 0 saturated heterocycles. The van der Waals surface area contributed by atoms with Gasteiger partial charge in [-0.05, 0) is 24.3 Å². The maximum absolute atomic E-state index is 12.3. The summed E-state index contributed by atoms with van der Waals surface area (Å²) in [4.78, 5) is 13.0. The van der Waals surface area contributed by atoms with Crippen LogP contribution in [0.1, 0.15) is 5.56 Å². The molecular formula is C11H12F3N3OS. The van der Waals surface area contributed by atoms with Crippen LogP contribution < -0.4 is 11.1 Å². The van der Waals surface area contributed by atoms with Gasteiger partial charge in [-0.15, -0.1) is 0 Å². The van der Waals surface area contributed by atoms with Crippen molar-refractivity contribution in [1.82, 2.24) is 4.90 Å². The normalized spacial score (nSPS) is 10.9. The van der Waals surface area contributed by atoms with E-state index in [1.54, 1.807) is 0 Å². The lowest BCUT2D eigenvalue weighted by Gasteiger charge is -2.17. The third kappa shape index (κ3) is 4.74. The van der Waals surface area contributed by atoms with Crippen molar-refractivity contribution in [3.05, 3.63) is 29.8 Å². The molecule has 104 valence electrons. The third-order valence-corrected chi connectivity index (χ3v) is 2.33. The molecule has 1 rings (SSSR count). The number of carbonyl (C=O) groups is 1. The minimum Gasteiger partial charge on any atom is -0.392 e. The number of hydrogen-bond donors (Lipinski definition) is 2. The van der Waals surface area contributed by atoms with Crippen LogP contribution in [0.5, 0.6) is 0 Å². The predicted octanol–water partition coefficient (Wildman–Crippen LogP) is 2.46. The van der Waals surface area contributed by atoms with E-state index in [4.69, 9.17) is 5.73 Å². The summed E-state index contributed by atoms with van der Waals surface area (Å²) in [7, 11) is 1.47. The van der Waals surface area contributed by atoms with Gasteiger partial charge >= 0.3 is 12.2 Å². The molecule has 0 aliphatic rings. The monoisotopic (exact) mass is 291 g/mol. The molecule has 0 radical (unpaired) electrons. The molecule has 0 spiro atoms. The van der Waals surface area contributed by atoms with Gasteiger partial charge in [-0.2, -0.15) is 13.2 Å². The summed E-state index contributed by atoms with van der Waals surface area (Å²) in [6, 6.07) is 3.63. The quantitative estimate of drug-likeness (QED) is 0.841. The summed E-state index contributed by atoms with van der Waals surface area (Å²) in [6.45, 7) is 0.0851. The van der Waals surface area contributed by atoms with Crippen LogP contribution >= 0.6 is 12.2 Å². The number of urea groups is 1. The number of anilines is 1. The first-order valence-electron chi connectivity index (χ1n) is 5.18.